The van der Waals surface area contributed by atoms with E-state index in [1.54, 1.807) is 35.5 Å². The minimum Gasteiger partial charge on any atom is -0.345 e. The zero-order valence-corrected chi connectivity index (χ0v) is 15.6. The molecular formula is C21H20N6O. The molecule has 1 atom stereocenters. The van der Waals surface area contributed by atoms with Crippen molar-refractivity contribution in [2.75, 3.05) is 0 Å². The van der Waals surface area contributed by atoms with Crippen LogP contribution in [0.2, 0.25) is 0 Å². The zero-order chi connectivity index (χ0) is 19.5. The Bertz CT molecular complexity index is 1090. The highest BCUT2D eigenvalue weighted by Crippen LogP contribution is 2.23. The first-order valence-electron chi connectivity index (χ1n) is 9.00. The molecule has 0 bridgehead atoms. The maximum atomic E-state index is 12.9. The largest absolute Gasteiger partial charge is 0.345 e. The molecule has 0 aliphatic rings. The summed E-state index contributed by atoms with van der Waals surface area (Å²) in [5.41, 5.74) is 3.21. The minimum atomic E-state index is -0.213. The predicted octanol–water partition coefficient (Wildman–Crippen LogP) is 3.46. The summed E-state index contributed by atoms with van der Waals surface area (Å²) in [6.45, 7) is 3.91. The van der Waals surface area contributed by atoms with E-state index in [1.165, 1.54) is 0 Å². The van der Waals surface area contributed by atoms with Crippen LogP contribution in [0.4, 0.5) is 0 Å². The summed E-state index contributed by atoms with van der Waals surface area (Å²) in [6, 6.07) is 12.9. The highest BCUT2D eigenvalue weighted by molar-refractivity contribution is 6.00. The van der Waals surface area contributed by atoms with Crippen LogP contribution >= 0.6 is 0 Å². The van der Waals surface area contributed by atoms with Crippen molar-refractivity contribution >= 4 is 5.91 Å². The molecule has 3 aromatic heterocycles. The van der Waals surface area contributed by atoms with Crippen molar-refractivity contribution in [3.8, 4) is 17.2 Å². The number of carbonyl (C=O) groups is 1. The maximum absolute atomic E-state index is 12.9. The van der Waals surface area contributed by atoms with E-state index in [9.17, 15) is 4.79 Å². The van der Waals surface area contributed by atoms with Crippen LogP contribution in [0.15, 0.2) is 67.3 Å². The van der Waals surface area contributed by atoms with Gasteiger partial charge in [-0.05, 0) is 32.0 Å². The lowest BCUT2D eigenvalue weighted by Crippen LogP contribution is -2.27. The van der Waals surface area contributed by atoms with Crippen molar-refractivity contribution in [3.63, 3.8) is 0 Å². The Kier molecular flexibility index (Phi) is 4.72. The molecule has 0 saturated carbocycles. The number of nitrogens with one attached hydrogen (secondary N) is 2. The van der Waals surface area contributed by atoms with Gasteiger partial charge in [0.2, 0.25) is 0 Å². The van der Waals surface area contributed by atoms with E-state index in [0.29, 0.717) is 11.4 Å². The Balaban J connectivity index is 1.58. The Morgan fingerprint density at radius 3 is 2.68 bits per heavy atom. The normalized spacial score (nSPS) is 11.9. The molecule has 4 rings (SSSR count). The summed E-state index contributed by atoms with van der Waals surface area (Å²) in [5.74, 6) is 1.25. The fourth-order valence-corrected chi connectivity index (χ4v) is 3.21. The monoisotopic (exact) mass is 372 g/mol. The SMILES string of the molecule is Cc1c(C(C)NC(=O)c2ccccc2-c2ncc[nH]2)cnn1-c1ccccn1. The quantitative estimate of drug-likeness (QED) is 0.561. The van der Waals surface area contributed by atoms with Gasteiger partial charge in [-0.25, -0.2) is 14.6 Å². The van der Waals surface area contributed by atoms with Crippen molar-refractivity contribution in [1.82, 2.24) is 30.0 Å². The number of carbonyl (C=O) groups excluding carboxylic acids is 1. The second-order valence-electron chi connectivity index (χ2n) is 6.46. The number of benzene rings is 1. The number of amides is 1. The molecule has 1 aromatic carbocycles. The number of rotatable bonds is 5. The Morgan fingerprint density at radius 1 is 1.11 bits per heavy atom. The lowest BCUT2D eigenvalue weighted by Gasteiger charge is -2.15. The molecule has 7 heteroatoms. The molecule has 28 heavy (non-hydrogen) atoms. The van der Waals surface area contributed by atoms with Crippen molar-refractivity contribution in [2.45, 2.75) is 19.9 Å². The van der Waals surface area contributed by atoms with Crippen LogP contribution in [0.3, 0.4) is 0 Å². The summed E-state index contributed by atoms with van der Waals surface area (Å²) < 4.78 is 1.77. The zero-order valence-electron chi connectivity index (χ0n) is 15.6. The van der Waals surface area contributed by atoms with Gasteiger partial charge in [0.05, 0.1) is 17.8 Å². The fraction of sp³-hybridized carbons (Fsp3) is 0.143. The molecule has 2 N–H and O–H groups in total. The van der Waals surface area contributed by atoms with E-state index < -0.39 is 0 Å². The molecule has 0 aliphatic heterocycles. The lowest BCUT2D eigenvalue weighted by atomic mass is 10.0. The Morgan fingerprint density at radius 2 is 1.93 bits per heavy atom. The number of nitrogens with zero attached hydrogens (tertiary/aromatic N) is 4. The van der Waals surface area contributed by atoms with Crippen molar-refractivity contribution in [2.24, 2.45) is 0 Å². The van der Waals surface area contributed by atoms with E-state index >= 15 is 0 Å². The van der Waals surface area contributed by atoms with Gasteiger partial charge in [0.25, 0.3) is 5.91 Å². The summed E-state index contributed by atoms with van der Waals surface area (Å²) in [7, 11) is 0. The molecule has 4 aromatic rings. The molecule has 0 spiro atoms. The van der Waals surface area contributed by atoms with Gasteiger partial charge in [0, 0.05) is 35.4 Å². The second kappa shape index (κ2) is 7.48. The highest BCUT2D eigenvalue weighted by Gasteiger charge is 2.19. The van der Waals surface area contributed by atoms with E-state index in [-0.39, 0.29) is 11.9 Å². The van der Waals surface area contributed by atoms with E-state index in [2.05, 4.69) is 25.4 Å². The van der Waals surface area contributed by atoms with Gasteiger partial charge in [-0.15, -0.1) is 0 Å². The molecule has 0 radical (unpaired) electrons. The molecule has 1 unspecified atom stereocenters. The smallest absolute Gasteiger partial charge is 0.252 e. The van der Waals surface area contributed by atoms with Crippen LogP contribution in [0, 0.1) is 6.92 Å². The standard InChI is InChI=1S/C21H20N6O/c1-14(18-13-25-27(15(18)2)19-9-5-6-10-22-19)26-21(28)17-8-4-3-7-16(17)20-23-11-12-24-20/h3-14H,1-2H3,(H,23,24)(H,26,28). The van der Waals surface area contributed by atoms with Gasteiger partial charge in [-0.2, -0.15) is 5.10 Å². The number of hydrogen-bond donors (Lipinski definition) is 2. The van der Waals surface area contributed by atoms with Crippen LogP contribution in [0.25, 0.3) is 17.2 Å². The van der Waals surface area contributed by atoms with Crippen molar-refractivity contribution in [3.05, 3.63) is 84.1 Å². The third-order valence-electron chi connectivity index (χ3n) is 4.65. The second-order valence-corrected chi connectivity index (χ2v) is 6.46. The first kappa shape index (κ1) is 17.7. The van der Waals surface area contributed by atoms with Crippen LogP contribution in [-0.4, -0.2) is 30.6 Å². The van der Waals surface area contributed by atoms with Crippen LogP contribution in [-0.2, 0) is 0 Å². The number of imidazole rings is 1. The van der Waals surface area contributed by atoms with Crippen molar-refractivity contribution in [1.29, 1.82) is 0 Å². The molecule has 0 fully saturated rings. The number of pyridine rings is 1. The van der Waals surface area contributed by atoms with Crippen molar-refractivity contribution < 1.29 is 4.79 Å². The lowest BCUT2D eigenvalue weighted by molar-refractivity contribution is 0.0940. The topological polar surface area (TPSA) is 88.5 Å². The Labute approximate surface area is 162 Å². The first-order valence-corrected chi connectivity index (χ1v) is 9.00. The molecule has 1 amide bonds. The summed E-state index contributed by atoms with van der Waals surface area (Å²) in [4.78, 5) is 24.6. The fourth-order valence-electron chi connectivity index (χ4n) is 3.21. The van der Waals surface area contributed by atoms with E-state index in [4.69, 9.17) is 0 Å². The molecule has 0 aliphatic carbocycles. The predicted molar refractivity (Wildman–Crippen MR) is 106 cm³/mol. The summed E-state index contributed by atoms with van der Waals surface area (Å²) >= 11 is 0. The third-order valence-corrected chi connectivity index (χ3v) is 4.65. The highest BCUT2D eigenvalue weighted by atomic mass is 16.1. The average Bonchev–Trinajstić information content (AvgIpc) is 3.38. The van der Waals surface area contributed by atoms with Gasteiger partial charge in [0.1, 0.15) is 5.82 Å². The number of hydrogen-bond acceptors (Lipinski definition) is 4. The van der Waals surface area contributed by atoms with Gasteiger partial charge in [-0.1, -0.05) is 24.3 Å². The van der Waals surface area contributed by atoms with Crippen LogP contribution < -0.4 is 5.32 Å². The molecule has 0 saturated heterocycles. The summed E-state index contributed by atoms with van der Waals surface area (Å²) in [6.07, 6.45) is 6.91. The van der Waals surface area contributed by atoms with E-state index in [0.717, 1.165) is 22.6 Å². The Hall–Kier alpha value is -3.74. The molecule has 7 nitrogen and oxygen atoms in total. The minimum absolute atomic E-state index is 0.163. The number of aromatic nitrogens is 5. The van der Waals surface area contributed by atoms with Gasteiger partial charge in [0.15, 0.2) is 5.82 Å². The van der Waals surface area contributed by atoms with Gasteiger partial charge >= 0.3 is 0 Å². The van der Waals surface area contributed by atoms with Crippen LogP contribution in [0.5, 0.6) is 0 Å². The summed E-state index contributed by atoms with van der Waals surface area (Å²) in [5, 5.41) is 7.50. The first-order chi connectivity index (χ1) is 13.6. The maximum Gasteiger partial charge on any atom is 0.252 e. The number of aromatic amines is 1. The van der Waals surface area contributed by atoms with Gasteiger partial charge in [-0.3, -0.25) is 4.79 Å². The molecule has 3 heterocycles. The van der Waals surface area contributed by atoms with E-state index in [1.807, 2.05) is 50.2 Å². The van der Waals surface area contributed by atoms with Crippen LogP contribution in [0.1, 0.15) is 34.6 Å². The average molecular weight is 372 g/mol. The van der Waals surface area contributed by atoms with Gasteiger partial charge < -0.3 is 10.3 Å². The number of H-pyrrole nitrogens is 1. The molecule has 140 valence electrons. The molecular weight excluding hydrogens is 352 g/mol. The third kappa shape index (κ3) is 3.29.